The van der Waals surface area contributed by atoms with Gasteiger partial charge in [-0.25, -0.2) is 4.99 Å². The number of carbonyl (C=O) groups excluding carboxylic acids is 1. The predicted molar refractivity (Wildman–Crippen MR) is 95.6 cm³/mol. The summed E-state index contributed by atoms with van der Waals surface area (Å²) in [6, 6.07) is 5.77. The van der Waals surface area contributed by atoms with E-state index in [1.54, 1.807) is 16.7 Å². The van der Waals surface area contributed by atoms with E-state index in [1.165, 1.54) is 0 Å². The number of aromatic nitrogens is 2. The number of fused-ring (bicyclic) bond motifs is 1. The first-order chi connectivity index (χ1) is 11.5. The van der Waals surface area contributed by atoms with Gasteiger partial charge < -0.3 is 10.1 Å². The van der Waals surface area contributed by atoms with Crippen molar-refractivity contribution in [1.29, 1.82) is 0 Å². The highest BCUT2D eigenvalue weighted by Crippen LogP contribution is 2.21. The molecule has 1 aliphatic rings. The lowest BCUT2D eigenvalue weighted by Gasteiger charge is -2.05. The molecule has 0 fully saturated rings. The molecule has 0 unspecified atom stereocenters. The predicted octanol–water partition coefficient (Wildman–Crippen LogP) is 2.38. The van der Waals surface area contributed by atoms with Crippen molar-refractivity contribution in [3.63, 3.8) is 0 Å². The number of nitrogens with zero attached hydrogens (tertiary/aromatic N) is 2. The van der Waals surface area contributed by atoms with Crippen LogP contribution >= 0.6 is 12.2 Å². The van der Waals surface area contributed by atoms with Gasteiger partial charge in [-0.15, -0.1) is 0 Å². The molecular weight excluding hydrogens is 322 g/mol. The number of para-hydroxylation sites is 1. The van der Waals surface area contributed by atoms with Gasteiger partial charge >= 0.3 is 0 Å². The van der Waals surface area contributed by atoms with Crippen LogP contribution in [-0.2, 0) is 11.3 Å². The molecule has 1 aromatic heterocycles. The van der Waals surface area contributed by atoms with E-state index in [9.17, 15) is 9.90 Å². The summed E-state index contributed by atoms with van der Waals surface area (Å²) in [6.07, 6.45) is 5.31. The van der Waals surface area contributed by atoms with E-state index in [-0.39, 0.29) is 11.8 Å². The Kier molecular flexibility index (Phi) is 4.49. The quantitative estimate of drug-likeness (QED) is 0.663. The molecule has 0 saturated carbocycles. The summed E-state index contributed by atoms with van der Waals surface area (Å²) in [4.78, 5) is 19.4. The zero-order valence-corrected chi connectivity index (χ0v) is 14.5. The molecule has 0 spiro atoms. The second-order valence-corrected chi connectivity index (χ2v) is 6.23. The zero-order valence-electron chi connectivity index (χ0n) is 13.7. The van der Waals surface area contributed by atoms with E-state index in [4.69, 9.17) is 12.2 Å². The molecule has 0 atom stereocenters. The molecule has 124 valence electrons. The molecule has 1 aliphatic heterocycles. The molecular formula is C18H19N3O2S. The van der Waals surface area contributed by atoms with Crippen molar-refractivity contribution in [1.82, 2.24) is 9.55 Å². The van der Waals surface area contributed by atoms with Crippen LogP contribution in [0.2, 0.25) is 0 Å². The van der Waals surface area contributed by atoms with E-state index in [0.29, 0.717) is 27.9 Å². The largest absolute Gasteiger partial charge is 0.493 e. The molecule has 5 nitrogen and oxygen atoms in total. The van der Waals surface area contributed by atoms with Gasteiger partial charge in [-0.1, -0.05) is 31.5 Å². The molecule has 1 aromatic carbocycles. The number of hydrogen-bond donors (Lipinski definition) is 2. The van der Waals surface area contributed by atoms with Crippen molar-refractivity contribution in [2.75, 3.05) is 0 Å². The summed E-state index contributed by atoms with van der Waals surface area (Å²) in [5.74, 6) is -0.269. The van der Waals surface area contributed by atoms with Gasteiger partial charge in [0.1, 0.15) is 5.69 Å². The van der Waals surface area contributed by atoms with E-state index in [0.717, 1.165) is 23.6 Å². The number of aryl methyl sites for hydroxylation is 1. The van der Waals surface area contributed by atoms with Gasteiger partial charge in [0, 0.05) is 17.3 Å². The number of H-pyrrole nitrogens is 1. The third-order valence-electron chi connectivity index (χ3n) is 4.06. The van der Waals surface area contributed by atoms with Crippen molar-refractivity contribution in [2.24, 2.45) is 4.99 Å². The molecule has 2 aromatic rings. The summed E-state index contributed by atoms with van der Waals surface area (Å²) < 4.78 is 2.09. The molecule has 1 amide bonds. The van der Waals surface area contributed by atoms with Crippen LogP contribution in [0, 0.1) is 11.7 Å². The fraction of sp³-hybridized carbons (Fsp3) is 0.278. The summed E-state index contributed by atoms with van der Waals surface area (Å²) in [5, 5.41) is 12.0. The molecule has 0 aliphatic carbocycles. The average Bonchev–Trinajstić information content (AvgIpc) is 2.81. The molecule has 2 heterocycles. The minimum Gasteiger partial charge on any atom is -0.493 e. The zero-order chi connectivity index (χ0) is 17.3. The van der Waals surface area contributed by atoms with E-state index >= 15 is 0 Å². The van der Waals surface area contributed by atoms with Gasteiger partial charge in [0.25, 0.3) is 5.91 Å². The Bertz CT molecular complexity index is 1010. The number of imidazole rings is 1. The lowest BCUT2D eigenvalue weighted by molar-refractivity contribution is -0.114. The van der Waals surface area contributed by atoms with Gasteiger partial charge in [0.15, 0.2) is 4.77 Å². The summed E-state index contributed by atoms with van der Waals surface area (Å²) >= 11 is 5.25. The van der Waals surface area contributed by atoms with Gasteiger partial charge in [-0.05, 0) is 43.3 Å². The van der Waals surface area contributed by atoms with Crippen LogP contribution in [0.25, 0.3) is 12.2 Å². The number of aromatic amines is 1. The molecule has 6 heteroatoms. The van der Waals surface area contributed by atoms with Crippen LogP contribution in [0.15, 0.2) is 28.8 Å². The molecule has 24 heavy (non-hydrogen) atoms. The average molecular weight is 341 g/mol. The Labute approximate surface area is 144 Å². The number of carbonyl (C=O) groups is 1. The first kappa shape index (κ1) is 16.4. The molecule has 3 rings (SSSR count). The van der Waals surface area contributed by atoms with Crippen molar-refractivity contribution in [2.45, 2.75) is 33.2 Å². The normalized spacial score (nSPS) is 15.1. The Morgan fingerprint density at radius 1 is 1.42 bits per heavy atom. The van der Waals surface area contributed by atoms with Gasteiger partial charge in [-0.2, -0.15) is 0 Å². The third-order valence-corrected chi connectivity index (χ3v) is 4.38. The molecule has 0 saturated heterocycles. The van der Waals surface area contributed by atoms with Crippen LogP contribution < -0.4 is 10.6 Å². The molecule has 0 bridgehead atoms. The SMILES string of the molecule is CCCCn1c(O)c(/C=C2/C=c3cccc(C)c3=NC2=O)[nH]c1=S. The minimum atomic E-state index is -0.322. The molecule has 0 radical (unpaired) electrons. The van der Waals surface area contributed by atoms with Crippen molar-refractivity contribution in [3.8, 4) is 5.88 Å². The van der Waals surface area contributed by atoms with Gasteiger partial charge in [-0.3, -0.25) is 9.36 Å². The van der Waals surface area contributed by atoms with Crippen LogP contribution in [-0.4, -0.2) is 20.6 Å². The number of hydrogen-bond acceptors (Lipinski definition) is 3. The maximum Gasteiger partial charge on any atom is 0.277 e. The van der Waals surface area contributed by atoms with Crippen LogP contribution in [0.3, 0.4) is 0 Å². The topological polar surface area (TPSA) is 70.4 Å². The Morgan fingerprint density at radius 3 is 2.96 bits per heavy atom. The summed E-state index contributed by atoms with van der Waals surface area (Å²) in [5.41, 5.74) is 1.81. The van der Waals surface area contributed by atoms with E-state index in [2.05, 4.69) is 16.9 Å². The maximum absolute atomic E-state index is 12.3. The Hall–Kier alpha value is -2.47. The number of amides is 1. The number of nitrogens with one attached hydrogen (secondary N) is 1. The smallest absolute Gasteiger partial charge is 0.277 e. The Balaban J connectivity index is 2.07. The lowest BCUT2D eigenvalue weighted by Crippen LogP contribution is -2.32. The first-order valence-electron chi connectivity index (χ1n) is 7.95. The fourth-order valence-corrected chi connectivity index (χ4v) is 3.00. The fourth-order valence-electron chi connectivity index (χ4n) is 2.71. The van der Waals surface area contributed by atoms with Crippen LogP contribution in [0.1, 0.15) is 31.0 Å². The van der Waals surface area contributed by atoms with Crippen LogP contribution in [0.4, 0.5) is 0 Å². The van der Waals surface area contributed by atoms with Gasteiger partial charge in [0.05, 0.1) is 5.36 Å². The van der Waals surface area contributed by atoms with E-state index in [1.807, 2.05) is 25.1 Å². The summed E-state index contributed by atoms with van der Waals surface area (Å²) in [7, 11) is 0. The number of benzene rings is 1. The highest BCUT2D eigenvalue weighted by atomic mass is 32.1. The highest BCUT2D eigenvalue weighted by Gasteiger charge is 2.15. The second-order valence-electron chi connectivity index (χ2n) is 5.85. The maximum atomic E-state index is 12.3. The highest BCUT2D eigenvalue weighted by molar-refractivity contribution is 7.71. The van der Waals surface area contributed by atoms with Crippen molar-refractivity contribution >= 4 is 30.3 Å². The standard InChI is InChI=1S/C18H19N3O2S/c1-3-4-8-21-17(23)14(19-18(21)24)10-13-9-12-7-5-6-11(2)15(12)20-16(13)22/h5-7,9-10,23H,3-4,8H2,1-2H3,(H,19,24)/b13-10-. The third kappa shape index (κ3) is 2.97. The first-order valence-corrected chi connectivity index (χ1v) is 8.36. The van der Waals surface area contributed by atoms with Gasteiger partial charge in [0.2, 0.25) is 5.88 Å². The number of aromatic hydroxyl groups is 1. The Morgan fingerprint density at radius 2 is 2.21 bits per heavy atom. The second kappa shape index (κ2) is 6.57. The van der Waals surface area contributed by atoms with Crippen molar-refractivity contribution < 1.29 is 9.90 Å². The summed E-state index contributed by atoms with van der Waals surface area (Å²) in [6.45, 7) is 4.65. The monoisotopic (exact) mass is 341 g/mol. The lowest BCUT2D eigenvalue weighted by atomic mass is 10.1. The van der Waals surface area contributed by atoms with Crippen molar-refractivity contribution in [3.05, 3.63) is 50.4 Å². The van der Waals surface area contributed by atoms with E-state index < -0.39 is 0 Å². The number of rotatable bonds is 4. The molecule has 2 N–H and O–H groups in total. The number of unbranched alkanes of at least 4 members (excludes halogenated alkanes) is 1. The minimum absolute atomic E-state index is 0.0530. The van der Waals surface area contributed by atoms with Crippen LogP contribution in [0.5, 0.6) is 5.88 Å².